The molecule has 0 aromatic heterocycles. The molecule has 0 spiro atoms. The van der Waals surface area contributed by atoms with Gasteiger partial charge >= 0.3 is 0 Å². The van der Waals surface area contributed by atoms with E-state index >= 15 is 0 Å². The van der Waals surface area contributed by atoms with Crippen molar-refractivity contribution >= 4 is 15.7 Å². The Morgan fingerprint density at radius 1 is 1.48 bits per heavy atom. The summed E-state index contributed by atoms with van der Waals surface area (Å²) in [6, 6.07) is 0. The SMILES string of the molecule is COCC12CCCOC1CCN(C(=O)CCS(C)(=O)=O)C2. The minimum atomic E-state index is -3.10. The lowest BCUT2D eigenvalue weighted by Crippen LogP contribution is -2.58. The molecule has 0 radical (unpaired) electrons. The number of likely N-dealkylation sites (tertiary alicyclic amines) is 1. The first-order chi connectivity index (χ1) is 9.86. The van der Waals surface area contributed by atoms with E-state index in [-0.39, 0.29) is 29.6 Å². The van der Waals surface area contributed by atoms with Crippen LogP contribution in [0.15, 0.2) is 0 Å². The molecular formula is C14H25NO5S. The number of piperidine rings is 1. The summed E-state index contributed by atoms with van der Waals surface area (Å²) in [6.45, 7) is 2.60. The predicted octanol–water partition coefficient (Wildman–Crippen LogP) is 0.465. The van der Waals surface area contributed by atoms with Crippen LogP contribution in [0.5, 0.6) is 0 Å². The summed E-state index contributed by atoms with van der Waals surface area (Å²) in [7, 11) is -1.43. The van der Waals surface area contributed by atoms with E-state index in [1.54, 1.807) is 12.0 Å². The van der Waals surface area contributed by atoms with Crippen molar-refractivity contribution in [1.29, 1.82) is 0 Å². The van der Waals surface area contributed by atoms with Crippen molar-refractivity contribution in [2.24, 2.45) is 5.41 Å². The lowest BCUT2D eigenvalue weighted by molar-refractivity contribution is -0.162. The van der Waals surface area contributed by atoms with Gasteiger partial charge in [-0.25, -0.2) is 8.42 Å². The van der Waals surface area contributed by atoms with Gasteiger partial charge in [-0.1, -0.05) is 0 Å². The maximum atomic E-state index is 12.2. The van der Waals surface area contributed by atoms with Gasteiger partial charge in [0.2, 0.25) is 5.91 Å². The fourth-order valence-corrected chi connectivity index (χ4v) is 3.98. The second kappa shape index (κ2) is 6.62. The predicted molar refractivity (Wildman–Crippen MR) is 78.8 cm³/mol. The largest absolute Gasteiger partial charge is 0.384 e. The maximum Gasteiger partial charge on any atom is 0.223 e. The van der Waals surface area contributed by atoms with Crippen LogP contribution in [0.4, 0.5) is 0 Å². The van der Waals surface area contributed by atoms with E-state index in [0.29, 0.717) is 19.7 Å². The number of hydrogen-bond acceptors (Lipinski definition) is 5. The normalized spacial score (nSPS) is 30.0. The Kier molecular flexibility index (Phi) is 5.27. The molecule has 2 aliphatic rings. The third kappa shape index (κ3) is 4.17. The third-order valence-corrected chi connectivity index (χ3v) is 5.40. The van der Waals surface area contributed by atoms with Crippen LogP contribution < -0.4 is 0 Å². The van der Waals surface area contributed by atoms with Crippen LogP contribution in [0.1, 0.15) is 25.7 Å². The van der Waals surface area contributed by atoms with Gasteiger partial charge in [-0.05, 0) is 19.3 Å². The van der Waals surface area contributed by atoms with Crippen molar-refractivity contribution in [1.82, 2.24) is 4.90 Å². The van der Waals surface area contributed by atoms with Crippen molar-refractivity contribution in [2.45, 2.75) is 31.8 Å². The Hall–Kier alpha value is -0.660. The van der Waals surface area contributed by atoms with Gasteiger partial charge < -0.3 is 14.4 Å². The standard InChI is InChI=1S/C14H25NO5S/c1-19-11-14-6-3-8-20-12(14)4-7-15(10-14)13(16)5-9-21(2,17)18/h12H,3-11H2,1-2H3. The minimum absolute atomic E-state index is 0.0629. The molecule has 2 atom stereocenters. The molecule has 6 nitrogen and oxygen atoms in total. The summed E-state index contributed by atoms with van der Waals surface area (Å²) >= 11 is 0. The molecule has 2 saturated heterocycles. The van der Waals surface area contributed by atoms with Crippen LogP contribution in [0.3, 0.4) is 0 Å². The number of carbonyl (C=O) groups is 1. The van der Waals surface area contributed by atoms with Crippen molar-refractivity contribution in [3.63, 3.8) is 0 Å². The number of carbonyl (C=O) groups excluding carboxylic acids is 1. The fraction of sp³-hybridized carbons (Fsp3) is 0.929. The Morgan fingerprint density at radius 3 is 2.90 bits per heavy atom. The van der Waals surface area contributed by atoms with E-state index in [0.717, 1.165) is 32.1 Å². The molecule has 21 heavy (non-hydrogen) atoms. The van der Waals surface area contributed by atoms with Gasteiger partial charge in [0, 0.05) is 44.9 Å². The quantitative estimate of drug-likeness (QED) is 0.736. The van der Waals surface area contributed by atoms with Crippen LogP contribution in [0.25, 0.3) is 0 Å². The van der Waals surface area contributed by atoms with Gasteiger partial charge in [-0.15, -0.1) is 0 Å². The lowest BCUT2D eigenvalue weighted by atomic mass is 9.73. The fourth-order valence-electron chi connectivity index (χ4n) is 3.43. The summed E-state index contributed by atoms with van der Waals surface area (Å²) in [5.41, 5.74) is -0.133. The zero-order chi connectivity index (χ0) is 15.5. The van der Waals surface area contributed by atoms with Crippen LogP contribution in [-0.4, -0.2) is 70.8 Å². The Labute approximate surface area is 126 Å². The molecule has 0 saturated carbocycles. The molecule has 0 aromatic carbocycles. The van der Waals surface area contributed by atoms with Gasteiger partial charge in [0.05, 0.1) is 18.5 Å². The van der Waals surface area contributed by atoms with E-state index in [1.165, 1.54) is 0 Å². The molecule has 7 heteroatoms. The van der Waals surface area contributed by atoms with Crippen LogP contribution >= 0.6 is 0 Å². The summed E-state index contributed by atoms with van der Waals surface area (Å²) in [4.78, 5) is 14.0. The molecule has 1 amide bonds. The van der Waals surface area contributed by atoms with E-state index < -0.39 is 9.84 Å². The zero-order valence-corrected chi connectivity index (χ0v) is 13.7. The molecule has 0 N–H and O–H groups in total. The zero-order valence-electron chi connectivity index (χ0n) is 12.8. The molecule has 0 bridgehead atoms. The molecule has 0 aliphatic carbocycles. The molecule has 2 rings (SSSR count). The van der Waals surface area contributed by atoms with Gasteiger partial charge in [0.1, 0.15) is 9.84 Å². The highest BCUT2D eigenvalue weighted by atomic mass is 32.2. The Bertz CT molecular complexity index is 474. The summed E-state index contributed by atoms with van der Waals surface area (Å²) < 4.78 is 33.6. The number of methoxy groups -OCH3 is 1. The van der Waals surface area contributed by atoms with Gasteiger partial charge in [0.25, 0.3) is 0 Å². The maximum absolute atomic E-state index is 12.2. The molecule has 2 fully saturated rings. The topological polar surface area (TPSA) is 72.9 Å². The average molecular weight is 319 g/mol. The number of amides is 1. The molecule has 122 valence electrons. The highest BCUT2D eigenvalue weighted by molar-refractivity contribution is 7.90. The summed E-state index contributed by atoms with van der Waals surface area (Å²) in [5.74, 6) is -0.167. The van der Waals surface area contributed by atoms with Crippen LogP contribution in [-0.2, 0) is 24.1 Å². The number of nitrogens with zero attached hydrogens (tertiary/aromatic N) is 1. The molecule has 0 aromatic rings. The van der Waals surface area contributed by atoms with Crippen molar-refractivity contribution in [2.75, 3.05) is 45.4 Å². The number of fused-ring (bicyclic) bond motifs is 1. The first-order valence-corrected chi connectivity index (χ1v) is 9.48. The van der Waals surface area contributed by atoms with Crippen molar-refractivity contribution < 1.29 is 22.7 Å². The van der Waals surface area contributed by atoms with E-state index in [9.17, 15) is 13.2 Å². The van der Waals surface area contributed by atoms with E-state index in [2.05, 4.69) is 0 Å². The first kappa shape index (κ1) is 16.7. The second-order valence-electron chi connectivity index (χ2n) is 6.24. The lowest BCUT2D eigenvalue weighted by Gasteiger charge is -2.50. The number of ether oxygens (including phenoxy) is 2. The van der Waals surface area contributed by atoms with Crippen LogP contribution in [0, 0.1) is 5.41 Å². The van der Waals surface area contributed by atoms with E-state index in [4.69, 9.17) is 9.47 Å². The third-order valence-electron chi connectivity index (χ3n) is 4.46. The van der Waals surface area contributed by atoms with Crippen molar-refractivity contribution in [3.8, 4) is 0 Å². The highest BCUT2D eigenvalue weighted by Gasteiger charge is 2.46. The van der Waals surface area contributed by atoms with Crippen LogP contribution in [0.2, 0.25) is 0 Å². The smallest absolute Gasteiger partial charge is 0.223 e. The minimum Gasteiger partial charge on any atom is -0.384 e. The summed E-state index contributed by atoms with van der Waals surface area (Å²) in [6.07, 6.45) is 4.13. The Morgan fingerprint density at radius 2 is 2.24 bits per heavy atom. The van der Waals surface area contributed by atoms with Gasteiger partial charge in [-0.3, -0.25) is 4.79 Å². The summed E-state index contributed by atoms with van der Waals surface area (Å²) in [5, 5.41) is 0. The molecule has 2 aliphatic heterocycles. The molecular weight excluding hydrogens is 294 g/mol. The first-order valence-electron chi connectivity index (χ1n) is 7.42. The van der Waals surface area contributed by atoms with Gasteiger partial charge in [-0.2, -0.15) is 0 Å². The average Bonchev–Trinajstić information content (AvgIpc) is 2.43. The van der Waals surface area contributed by atoms with Crippen molar-refractivity contribution in [3.05, 3.63) is 0 Å². The second-order valence-corrected chi connectivity index (χ2v) is 8.50. The Balaban J connectivity index is 2.01. The van der Waals surface area contributed by atoms with E-state index in [1.807, 2.05) is 0 Å². The number of hydrogen-bond donors (Lipinski definition) is 0. The number of sulfone groups is 1. The highest BCUT2D eigenvalue weighted by Crippen LogP contribution is 2.40. The molecule has 2 unspecified atom stereocenters. The molecule has 2 heterocycles. The monoisotopic (exact) mass is 319 g/mol. The number of rotatable bonds is 5. The van der Waals surface area contributed by atoms with Gasteiger partial charge in [0.15, 0.2) is 0 Å².